The maximum atomic E-state index is 11.8. The van der Waals surface area contributed by atoms with Crippen molar-refractivity contribution in [2.75, 3.05) is 0 Å². The zero-order chi connectivity index (χ0) is 12.6. The predicted octanol–water partition coefficient (Wildman–Crippen LogP) is 3.15. The topological polar surface area (TPSA) is 38.7 Å². The molecule has 1 aromatic rings. The third-order valence-electron chi connectivity index (χ3n) is 2.40. The highest BCUT2D eigenvalue weighted by atomic mass is 35.5. The maximum absolute atomic E-state index is 11.8. The summed E-state index contributed by atoms with van der Waals surface area (Å²) in [5, 5.41) is 1.13. The molecule has 0 saturated heterocycles. The highest BCUT2D eigenvalue weighted by Crippen LogP contribution is 2.30. The molecule has 2 rings (SSSR count). The highest BCUT2D eigenvalue weighted by molar-refractivity contribution is 7.97. The first-order valence-electron chi connectivity index (χ1n) is 5.30. The normalized spacial score (nSPS) is 24.8. The molecule has 2 atom stereocenters. The molecule has 92 valence electrons. The summed E-state index contributed by atoms with van der Waals surface area (Å²) in [5.74, 6) is 0. The highest BCUT2D eigenvalue weighted by Gasteiger charge is 2.35. The van der Waals surface area contributed by atoms with Gasteiger partial charge in [0.15, 0.2) is 11.3 Å². The van der Waals surface area contributed by atoms with E-state index in [1.54, 1.807) is 24.3 Å². The summed E-state index contributed by atoms with van der Waals surface area (Å²) in [6.45, 7) is 6.01. The third kappa shape index (κ3) is 2.76. The molecule has 0 N–H and O–H groups in total. The molecule has 3 nitrogen and oxygen atoms in total. The Bertz CT molecular complexity index is 476. The Labute approximate surface area is 109 Å². The van der Waals surface area contributed by atoms with Crippen LogP contribution in [-0.4, -0.2) is 15.5 Å². The monoisotopic (exact) mass is 271 g/mol. The van der Waals surface area contributed by atoms with Gasteiger partial charge in [0.05, 0.1) is 0 Å². The van der Waals surface area contributed by atoms with E-state index in [2.05, 4.69) is 4.99 Å². The average Bonchev–Trinajstić information content (AvgIpc) is 2.61. The van der Waals surface area contributed by atoms with Gasteiger partial charge in [-0.05, 0) is 12.1 Å². The second-order valence-corrected chi connectivity index (χ2v) is 6.48. The van der Waals surface area contributed by atoms with Gasteiger partial charge in [-0.3, -0.25) is 4.18 Å². The number of hydrogen-bond donors (Lipinski definition) is 0. The minimum atomic E-state index is -1.49. The molecule has 1 aromatic carbocycles. The fourth-order valence-corrected chi connectivity index (χ4v) is 2.63. The second-order valence-electron chi connectivity index (χ2n) is 4.99. The van der Waals surface area contributed by atoms with Gasteiger partial charge in [-0.1, -0.05) is 44.5 Å². The molecule has 0 aliphatic carbocycles. The fourth-order valence-electron chi connectivity index (χ4n) is 1.40. The molecular formula is C12H14ClNO2S. The van der Waals surface area contributed by atoms with Crippen molar-refractivity contribution in [3.8, 4) is 0 Å². The molecule has 0 aromatic heterocycles. The van der Waals surface area contributed by atoms with Crippen molar-refractivity contribution in [1.82, 2.24) is 0 Å². The fraction of sp³-hybridized carbons (Fsp3) is 0.417. The summed E-state index contributed by atoms with van der Waals surface area (Å²) >= 11 is 4.32. The number of aliphatic imine (C=N–C) groups is 1. The predicted molar refractivity (Wildman–Crippen MR) is 70.5 cm³/mol. The van der Waals surface area contributed by atoms with E-state index >= 15 is 0 Å². The van der Waals surface area contributed by atoms with Crippen molar-refractivity contribution >= 4 is 27.7 Å². The van der Waals surface area contributed by atoms with Crippen molar-refractivity contribution < 1.29 is 8.39 Å². The van der Waals surface area contributed by atoms with Crippen molar-refractivity contribution in [2.45, 2.75) is 27.0 Å². The van der Waals surface area contributed by atoms with Crippen molar-refractivity contribution in [3.05, 3.63) is 34.9 Å². The summed E-state index contributed by atoms with van der Waals surface area (Å²) < 4.78 is 17.2. The Balaban J connectivity index is 2.33. The van der Waals surface area contributed by atoms with E-state index in [9.17, 15) is 4.21 Å². The van der Waals surface area contributed by atoms with Crippen molar-refractivity contribution in [2.24, 2.45) is 10.4 Å². The number of rotatable bonds is 1. The van der Waals surface area contributed by atoms with Crippen LogP contribution in [0.15, 0.2) is 29.3 Å². The quantitative estimate of drug-likeness (QED) is 0.787. The second kappa shape index (κ2) is 4.52. The SMILES string of the molecule is CC(C)(C)C1N=C(c2ccc(Cl)cc2)S(=O)O1. The first-order valence-corrected chi connectivity index (χ1v) is 6.76. The molecule has 0 amide bonds. The summed E-state index contributed by atoms with van der Waals surface area (Å²) in [6, 6.07) is 7.10. The lowest BCUT2D eigenvalue weighted by atomic mass is 9.95. The van der Waals surface area contributed by atoms with Crippen LogP contribution < -0.4 is 0 Å². The van der Waals surface area contributed by atoms with Crippen LogP contribution in [0.2, 0.25) is 5.02 Å². The number of nitrogens with zero attached hydrogens (tertiary/aromatic N) is 1. The molecule has 0 radical (unpaired) electrons. The molecular weight excluding hydrogens is 258 g/mol. The average molecular weight is 272 g/mol. The first kappa shape index (κ1) is 12.7. The van der Waals surface area contributed by atoms with Crippen LogP contribution in [0.25, 0.3) is 0 Å². The largest absolute Gasteiger partial charge is 0.258 e. The van der Waals surface area contributed by atoms with Crippen molar-refractivity contribution in [3.63, 3.8) is 0 Å². The molecule has 0 saturated carbocycles. The zero-order valence-corrected chi connectivity index (χ0v) is 11.5. The van der Waals surface area contributed by atoms with Gasteiger partial charge in [-0.2, -0.15) is 0 Å². The maximum Gasteiger partial charge on any atom is 0.210 e. The van der Waals surface area contributed by atoms with Crippen LogP contribution in [-0.2, 0) is 15.3 Å². The third-order valence-corrected chi connectivity index (χ3v) is 3.67. The molecule has 0 fully saturated rings. The molecule has 0 bridgehead atoms. The lowest BCUT2D eigenvalue weighted by molar-refractivity contribution is 0.119. The first-order chi connectivity index (χ1) is 7.88. The summed E-state index contributed by atoms with van der Waals surface area (Å²) in [5.41, 5.74) is 0.628. The van der Waals surface area contributed by atoms with E-state index in [1.165, 1.54) is 0 Å². The Kier molecular flexibility index (Phi) is 3.39. The molecule has 2 unspecified atom stereocenters. The number of halogens is 1. The van der Waals surface area contributed by atoms with Crippen LogP contribution in [0.4, 0.5) is 0 Å². The Morgan fingerprint density at radius 1 is 1.29 bits per heavy atom. The van der Waals surface area contributed by atoms with Gasteiger partial charge in [-0.25, -0.2) is 9.20 Å². The van der Waals surface area contributed by atoms with Gasteiger partial charge in [0.2, 0.25) is 11.1 Å². The van der Waals surface area contributed by atoms with Crippen LogP contribution in [0.3, 0.4) is 0 Å². The van der Waals surface area contributed by atoms with Gasteiger partial charge in [0.25, 0.3) is 0 Å². The zero-order valence-electron chi connectivity index (χ0n) is 9.94. The summed E-state index contributed by atoms with van der Waals surface area (Å²) in [4.78, 5) is 4.39. The van der Waals surface area contributed by atoms with Gasteiger partial charge in [0.1, 0.15) is 0 Å². The molecule has 5 heteroatoms. The Morgan fingerprint density at radius 2 is 1.88 bits per heavy atom. The minimum absolute atomic E-state index is 0.163. The van der Waals surface area contributed by atoms with Crippen LogP contribution >= 0.6 is 11.6 Å². The van der Waals surface area contributed by atoms with Gasteiger partial charge >= 0.3 is 0 Å². The molecule has 1 aliphatic rings. The van der Waals surface area contributed by atoms with Crippen LogP contribution in [0.1, 0.15) is 26.3 Å². The van der Waals surface area contributed by atoms with Gasteiger partial charge in [-0.15, -0.1) is 0 Å². The van der Waals surface area contributed by atoms with Crippen LogP contribution in [0.5, 0.6) is 0 Å². The van der Waals surface area contributed by atoms with Crippen molar-refractivity contribution in [1.29, 1.82) is 0 Å². The van der Waals surface area contributed by atoms with E-state index in [0.717, 1.165) is 5.56 Å². The van der Waals surface area contributed by atoms with E-state index in [0.29, 0.717) is 10.1 Å². The van der Waals surface area contributed by atoms with Gasteiger partial charge < -0.3 is 0 Å². The Morgan fingerprint density at radius 3 is 2.35 bits per heavy atom. The molecule has 17 heavy (non-hydrogen) atoms. The van der Waals surface area contributed by atoms with E-state index < -0.39 is 11.1 Å². The smallest absolute Gasteiger partial charge is 0.210 e. The molecule has 1 heterocycles. The van der Waals surface area contributed by atoms with E-state index in [-0.39, 0.29) is 11.6 Å². The van der Waals surface area contributed by atoms with Crippen LogP contribution in [0, 0.1) is 5.41 Å². The number of hydrogen-bond acceptors (Lipinski definition) is 3. The lowest BCUT2D eigenvalue weighted by Crippen LogP contribution is -2.24. The van der Waals surface area contributed by atoms with Gasteiger partial charge in [0, 0.05) is 16.0 Å². The summed E-state index contributed by atoms with van der Waals surface area (Å²) in [7, 11) is 0. The minimum Gasteiger partial charge on any atom is -0.258 e. The Hall–Kier alpha value is -0.710. The van der Waals surface area contributed by atoms with E-state index in [1.807, 2.05) is 20.8 Å². The standard InChI is InChI=1S/C12H14ClNO2S/c1-12(2,3)11-14-10(17(15)16-11)8-4-6-9(13)7-5-8/h4-7,11H,1-3H3. The molecule has 0 spiro atoms. The lowest BCUT2D eigenvalue weighted by Gasteiger charge is -2.21. The van der Waals surface area contributed by atoms with E-state index in [4.69, 9.17) is 15.8 Å². The molecule has 1 aliphatic heterocycles. The summed E-state index contributed by atoms with van der Waals surface area (Å²) in [6.07, 6.45) is -0.367. The number of benzene rings is 1.